The Morgan fingerprint density at radius 3 is 2.88 bits per heavy atom. The molecule has 0 aliphatic heterocycles. The molecule has 0 unspecified atom stereocenters. The molecule has 0 fully saturated rings. The minimum atomic E-state index is 0.495. The molecule has 0 bridgehead atoms. The van der Waals surface area contributed by atoms with Gasteiger partial charge in [-0.3, -0.25) is 0 Å². The molecule has 4 heteroatoms. The summed E-state index contributed by atoms with van der Waals surface area (Å²) in [5, 5.41) is 21.4. The molecule has 0 amide bonds. The van der Waals surface area contributed by atoms with E-state index >= 15 is 0 Å². The van der Waals surface area contributed by atoms with Crippen molar-refractivity contribution in [3.05, 3.63) is 53.5 Å². The van der Waals surface area contributed by atoms with Crippen molar-refractivity contribution in [1.29, 1.82) is 5.26 Å². The van der Waals surface area contributed by atoms with Crippen LogP contribution in [-0.2, 0) is 0 Å². The lowest BCUT2D eigenvalue weighted by Gasteiger charge is -2.07. The first-order chi connectivity index (χ1) is 7.81. The van der Waals surface area contributed by atoms with E-state index < -0.39 is 0 Å². The molecule has 76 valence electrons. The predicted molar refractivity (Wildman–Crippen MR) is 59.0 cm³/mol. The number of pyridine rings is 1. The Morgan fingerprint density at radius 1 is 1.44 bits per heavy atom. The van der Waals surface area contributed by atoms with E-state index in [1.807, 2.05) is 18.2 Å². The Labute approximate surface area is 91.5 Å². The van der Waals surface area contributed by atoms with Gasteiger partial charge in [0.25, 0.3) is 5.65 Å². The number of hydrogen-bond donors (Lipinski definition) is 0. The summed E-state index contributed by atoms with van der Waals surface area (Å²) in [4.78, 5) is 0. The predicted octanol–water partition coefficient (Wildman–Crippen LogP) is 1.56. The van der Waals surface area contributed by atoms with Crippen LogP contribution in [0.4, 0.5) is 0 Å². The van der Waals surface area contributed by atoms with Gasteiger partial charge in [-0.2, -0.15) is 9.83 Å². The highest BCUT2D eigenvalue weighted by molar-refractivity contribution is 5.86. The second kappa shape index (κ2) is 2.97. The van der Waals surface area contributed by atoms with Crippen molar-refractivity contribution in [2.75, 3.05) is 0 Å². The summed E-state index contributed by atoms with van der Waals surface area (Å²) in [6.07, 6.45) is 8.81. The topological polar surface area (TPSA) is 55.7 Å². The van der Waals surface area contributed by atoms with Gasteiger partial charge in [0.15, 0.2) is 0 Å². The first-order valence-corrected chi connectivity index (χ1v) is 4.83. The summed E-state index contributed by atoms with van der Waals surface area (Å²) in [5.41, 5.74) is 1.93. The van der Waals surface area contributed by atoms with Gasteiger partial charge < -0.3 is 5.21 Å². The van der Waals surface area contributed by atoms with Crippen LogP contribution in [0, 0.1) is 16.5 Å². The van der Waals surface area contributed by atoms with Crippen LogP contribution in [0.3, 0.4) is 0 Å². The van der Waals surface area contributed by atoms with Crippen molar-refractivity contribution < 1.29 is 4.73 Å². The van der Waals surface area contributed by atoms with Gasteiger partial charge in [-0.05, 0) is 24.3 Å². The van der Waals surface area contributed by atoms with E-state index in [9.17, 15) is 5.21 Å². The molecule has 0 spiro atoms. The maximum Gasteiger partial charge on any atom is 0.298 e. The van der Waals surface area contributed by atoms with E-state index in [0.717, 1.165) is 10.4 Å². The molecule has 2 heterocycles. The number of rotatable bonds is 1. The summed E-state index contributed by atoms with van der Waals surface area (Å²) in [6, 6.07) is 5.52. The zero-order valence-electron chi connectivity index (χ0n) is 8.29. The standard InChI is InChI=1S/C12H7N3O/c13-7-9-8-14(10-3-1-4-10)12-11(9)5-2-6-15(12)16/h1-6,8H. The fourth-order valence-corrected chi connectivity index (χ4v) is 1.82. The van der Waals surface area contributed by atoms with Crippen LogP contribution < -0.4 is 4.73 Å². The molecule has 0 radical (unpaired) electrons. The van der Waals surface area contributed by atoms with Crippen LogP contribution in [0.25, 0.3) is 16.7 Å². The average molecular weight is 209 g/mol. The SMILES string of the molecule is N#Cc1cn(C2=CC=C2)c2c1ccc[n+]2[O-]. The maximum atomic E-state index is 11.7. The van der Waals surface area contributed by atoms with Gasteiger partial charge in [0.2, 0.25) is 0 Å². The first kappa shape index (κ1) is 8.74. The third-order valence-electron chi connectivity index (χ3n) is 2.64. The number of fused-ring (bicyclic) bond motifs is 1. The Bertz CT molecular complexity index is 686. The Balaban J connectivity index is 2.41. The minimum absolute atomic E-state index is 0.495. The van der Waals surface area contributed by atoms with Crippen molar-refractivity contribution in [2.24, 2.45) is 0 Å². The fourth-order valence-electron chi connectivity index (χ4n) is 1.82. The van der Waals surface area contributed by atoms with Gasteiger partial charge in [-0.15, -0.1) is 0 Å². The Hall–Kier alpha value is -2.54. The van der Waals surface area contributed by atoms with Crippen molar-refractivity contribution >= 4 is 16.7 Å². The molecule has 0 N–H and O–H groups in total. The third-order valence-corrected chi connectivity index (χ3v) is 2.64. The quantitative estimate of drug-likeness (QED) is 0.528. The summed E-state index contributed by atoms with van der Waals surface area (Å²) >= 11 is 0. The van der Waals surface area contributed by atoms with Crippen LogP contribution in [-0.4, -0.2) is 4.57 Å². The van der Waals surface area contributed by atoms with Crippen molar-refractivity contribution in [3.63, 3.8) is 0 Å². The number of allylic oxidation sites excluding steroid dienone is 4. The minimum Gasteiger partial charge on any atom is -0.711 e. The number of hydrogen-bond acceptors (Lipinski definition) is 2. The monoisotopic (exact) mass is 209 g/mol. The molecule has 2 aromatic rings. The molecule has 0 saturated carbocycles. The smallest absolute Gasteiger partial charge is 0.298 e. The molecule has 16 heavy (non-hydrogen) atoms. The molecule has 2 aromatic heterocycles. The van der Waals surface area contributed by atoms with Gasteiger partial charge in [0.1, 0.15) is 23.5 Å². The zero-order valence-corrected chi connectivity index (χ0v) is 8.29. The molecular formula is C12H7N3O. The number of nitriles is 1. The highest BCUT2D eigenvalue weighted by Gasteiger charge is 2.19. The van der Waals surface area contributed by atoms with E-state index in [2.05, 4.69) is 6.07 Å². The number of aromatic nitrogens is 2. The average Bonchev–Trinajstić information content (AvgIpc) is 2.56. The molecule has 0 aromatic carbocycles. The molecule has 1 aliphatic carbocycles. The summed E-state index contributed by atoms with van der Waals surface area (Å²) in [6.45, 7) is 0. The van der Waals surface area contributed by atoms with E-state index in [4.69, 9.17) is 5.26 Å². The molecule has 0 atom stereocenters. The normalized spacial score (nSPS) is 13.3. The largest absolute Gasteiger partial charge is 0.711 e. The lowest BCUT2D eigenvalue weighted by Crippen LogP contribution is -2.28. The highest BCUT2D eigenvalue weighted by Crippen LogP contribution is 2.24. The Kier molecular flexibility index (Phi) is 1.62. The first-order valence-electron chi connectivity index (χ1n) is 4.83. The number of nitrogens with zero attached hydrogens (tertiary/aromatic N) is 3. The van der Waals surface area contributed by atoms with Crippen molar-refractivity contribution in [1.82, 2.24) is 4.57 Å². The molecule has 0 saturated heterocycles. The lowest BCUT2D eigenvalue weighted by atomic mass is 10.2. The van der Waals surface area contributed by atoms with Crippen LogP contribution in [0.2, 0.25) is 0 Å². The molecule has 1 aliphatic rings. The Morgan fingerprint density at radius 2 is 2.25 bits per heavy atom. The van der Waals surface area contributed by atoms with Gasteiger partial charge in [0.05, 0.1) is 11.6 Å². The lowest BCUT2D eigenvalue weighted by molar-refractivity contribution is -0.579. The van der Waals surface area contributed by atoms with Crippen molar-refractivity contribution in [3.8, 4) is 6.07 Å². The highest BCUT2D eigenvalue weighted by atomic mass is 16.5. The molecular weight excluding hydrogens is 202 g/mol. The van der Waals surface area contributed by atoms with Gasteiger partial charge in [-0.25, -0.2) is 4.73 Å². The van der Waals surface area contributed by atoms with E-state index in [1.165, 1.54) is 6.20 Å². The van der Waals surface area contributed by atoms with E-state index in [1.54, 1.807) is 22.9 Å². The second-order valence-corrected chi connectivity index (χ2v) is 3.55. The van der Waals surface area contributed by atoms with Crippen LogP contribution in [0.15, 0.2) is 42.8 Å². The fraction of sp³-hybridized carbons (Fsp3) is 0. The van der Waals surface area contributed by atoms with Crippen LogP contribution >= 0.6 is 0 Å². The third kappa shape index (κ3) is 0.997. The van der Waals surface area contributed by atoms with E-state index in [0.29, 0.717) is 16.6 Å². The van der Waals surface area contributed by atoms with Gasteiger partial charge in [0, 0.05) is 0 Å². The maximum absolute atomic E-state index is 11.7. The summed E-state index contributed by atoms with van der Waals surface area (Å²) in [7, 11) is 0. The molecule has 3 rings (SSSR count). The second-order valence-electron chi connectivity index (χ2n) is 3.55. The zero-order chi connectivity index (χ0) is 11.1. The summed E-state index contributed by atoms with van der Waals surface area (Å²) in [5.74, 6) is 0. The van der Waals surface area contributed by atoms with Crippen molar-refractivity contribution in [2.45, 2.75) is 0 Å². The van der Waals surface area contributed by atoms with Crippen LogP contribution in [0.5, 0.6) is 0 Å². The van der Waals surface area contributed by atoms with Gasteiger partial charge in [-0.1, -0.05) is 6.08 Å². The molecule has 4 nitrogen and oxygen atoms in total. The van der Waals surface area contributed by atoms with Crippen LogP contribution in [0.1, 0.15) is 5.56 Å². The summed E-state index contributed by atoms with van der Waals surface area (Å²) < 4.78 is 2.52. The van der Waals surface area contributed by atoms with Gasteiger partial charge >= 0.3 is 0 Å². The van der Waals surface area contributed by atoms with E-state index in [-0.39, 0.29) is 0 Å².